The Labute approximate surface area is 193 Å². The molecule has 1 N–H and O–H groups in total. The van der Waals surface area contributed by atoms with Gasteiger partial charge in [-0.05, 0) is 57.0 Å². The van der Waals surface area contributed by atoms with Crippen LogP contribution in [-0.4, -0.2) is 46.1 Å². The van der Waals surface area contributed by atoms with Gasteiger partial charge in [-0.2, -0.15) is 0 Å². The number of carbonyl (C=O) groups is 2. The summed E-state index contributed by atoms with van der Waals surface area (Å²) in [6, 6.07) is 15.8. The number of nitrogens with one attached hydrogen (secondary N) is 1. The molecular formula is C26H30FN3O3. The molecule has 0 bridgehead atoms. The summed E-state index contributed by atoms with van der Waals surface area (Å²) in [5, 5.41) is 3.93. The second-order valence-corrected chi connectivity index (χ2v) is 9.00. The summed E-state index contributed by atoms with van der Waals surface area (Å²) < 4.78 is 21.3. The van der Waals surface area contributed by atoms with Crippen LogP contribution in [0.5, 0.6) is 0 Å². The summed E-state index contributed by atoms with van der Waals surface area (Å²) in [7, 11) is 0. The van der Waals surface area contributed by atoms with Gasteiger partial charge in [0.25, 0.3) is 5.91 Å². The van der Waals surface area contributed by atoms with Crippen molar-refractivity contribution in [3.05, 3.63) is 71.7 Å². The van der Waals surface area contributed by atoms with Crippen molar-refractivity contribution in [3.63, 3.8) is 0 Å². The highest BCUT2D eigenvalue weighted by atomic mass is 19.1. The number of fused-ring (bicyclic) bond motifs is 3. The molecular weight excluding hydrogens is 421 g/mol. The quantitative estimate of drug-likeness (QED) is 0.524. The van der Waals surface area contributed by atoms with Crippen molar-refractivity contribution in [1.29, 1.82) is 0 Å². The first-order valence-corrected chi connectivity index (χ1v) is 11.3. The second kappa shape index (κ2) is 9.35. The maximum atomic E-state index is 13.8. The van der Waals surface area contributed by atoms with Crippen LogP contribution in [0.25, 0.3) is 10.9 Å². The molecule has 6 nitrogen and oxygen atoms in total. The Bertz CT molecular complexity index is 1170. The molecule has 0 aliphatic carbocycles. The average molecular weight is 452 g/mol. The Morgan fingerprint density at radius 3 is 2.73 bits per heavy atom. The normalized spacial score (nSPS) is 18.1. The van der Waals surface area contributed by atoms with Gasteiger partial charge in [0.15, 0.2) is 0 Å². The van der Waals surface area contributed by atoms with Gasteiger partial charge in [-0.1, -0.05) is 30.3 Å². The van der Waals surface area contributed by atoms with Crippen LogP contribution in [0.15, 0.2) is 54.6 Å². The molecule has 4 rings (SSSR count). The third-order valence-corrected chi connectivity index (χ3v) is 6.11. The van der Waals surface area contributed by atoms with Gasteiger partial charge >= 0.3 is 0 Å². The molecule has 2 aromatic carbocycles. The SMILES string of the molecule is CC(C)OCCCNC(=O)[C@]1(C)Cn2c(cc3ccccc32)C(=O)N1Cc1cccc(F)c1. The van der Waals surface area contributed by atoms with Crippen LogP contribution in [0.1, 0.15) is 43.2 Å². The van der Waals surface area contributed by atoms with Gasteiger partial charge in [-0.25, -0.2) is 4.39 Å². The molecule has 2 amide bonds. The molecule has 1 aliphatic rings. The summed E-state index contributed by atoms with van der Waals surface area (Å²) in [5.41, 5.74) is 0.938. The van der Waals surface area contributed by atoms with Gasteiger partial charge in [0.2, 0.25) is 5.91 Å². The number of nitrogens with zero attached hydrogens (tertiary/aromatic N) is 2. The lowest BCUT2D eigenvalue weighted by atomic mass is 9.93. The van der Waals surface area contributed by atoms with E-state index >= 15 is 0 Å². The Morgan fingerprint density at radius 1 is 1.18 bits per heavy atom. The van der Waals surface area contributed by atoms with Gasteiger partial charge in [-0.15, -0.1) is 0 Å². The molecule has 2 heterocycles. The maximum absolute atomic E-state index is 13.8. The van der Waals surface area contributed by atoms with Crippen molar-refractivity contribution in [2.24, 2.45) is 0 Å². The number of hydrogen-bond acceptors (Lipinski definition) is 3. The number of ether oxygens (including phenoxy) is 1. The zero-order valence-electron chi connectivity index (χ0n) is 19.3. The Balaban J connectivity index is 1.65. The second-order valence-electron chi connectivity index (χ2n) is 9.00. The number of rotatable bonds is 8. The summed E-state index contributed by atoms with van der Waals surface area (Å²) >= 11 is 0. The summed E-state index contributed by atoms with van der Waals surface area (Å²) in [6.07, 6.45) is 0.812. The minimum Gasteiger partial charge on any atom is -0.379 e. The zero-order chi connectivity index (χ0) is 23.6. The largest absolute Gasteiger partial charge is 0.379 e. The van der Waals surface area contributed by atoms with E-state index in [2.05, 4.69) is 5.32 Å². The van der Waals surface area contributed by atoms with Crippen LogP contribution in [0.2, 0.25) is 0 Å². The van der Waals surface area contributed by atoms with Gasteiger partial charge in [0, 0.05) is 30.6 Å². The lowest BCUT2D eigenvalue weighted by Crippen LogP contribution is -2.63. The molecule has 0 fully saturated rings. The lowest BCUT2D eigenvalue weighted by molar-refractivity contribution is -0.133. The Hall–Kier alpha value is -3.19. The van der Waals surface area contributed by atoms with E-state index in [0.29, 0.717) is 37.4 Å². The van der Waals surface area contributed by atoms with Crippen LogP contribution < -0.4 is 5.32 Å². The highest BCUT2D eigenvalue weighted by Gasteiger charge is 2.47. The fourth-order valence-corrected chi connectivity index (χ4v) is 4.36. The first kappa shape index (κ1) is 23.0. The van der Waals surface area contributed by atoms with Gasteiger partial charge in [-0.3, -0.25) is 9.59 Å². The molecule has 1 atom stereocenters. The number of halogens is 1. The molecule has 3 aromatic rings. The Kier molecular flexibility index (Phi) is 6.51. The van der Waals surface area contributed by atoms with Crippen molar-refractivity contribution in [3.8, 4) is 0 Å². The number of benzene rings is 2. The third kappa shape index (κ3) is 4.64. The molecule has 174 valence electrons. The van der Waals surface area contributed by atoms with E-state index in [9.17, 15) is 14.0 Å². The third-order valence-electron chi connectivity index (χ3n) is 6.11. The molecule has 0 saturated heterocycles. The summed E-state index contributed by atoms with van der Waals surface area (Å²) in [6.45, 7) is 7.16. The minimum absolute atomic E-state index is 0.136. The number of carbonyl (C=O) groups excluding carboxylic acids is 2. The van der Waals surface area contributed by atoms with E-state index < -0.39 is 5.54 Å². The first-order valence-electron chi connectivity index (χ1n) is 11.3. The molecule has 0 saturated carbocycles. The van der Waals surface area contributed by atoms with Crippen molar-refractivity contribution >= 4 is 22.7 Å². The van der Waals surface area contributed by atoms with E-state index in [4.69, 9.17) is 4.74 Å². The maximum Gasteiger partial charge on any atom is 0.271 e. The average Bonchev–Trinajstić information content (AvgIpc) is 3.14. The lowest BCUT2D eigenvalue weighted by Gasteiger charge is -2.44. The van der Waals surface area contributed by atoms with Gasteiger partial charge in [0.05, 0.1) is 12.6 Å². The molecule has 0 radical (unpaired) electrons. The minimum atomic E-state index is -1.14. The number of hydrogen-bond donors (Lipinski definition) is 1. The molecule has 1 aromatic heterocycles. The standard InChI is InChI=1S/C26H30FN3O3/c1-18(2)33-13-7-12-28-25(32)26(3)17-29-22-11-5-4-9-20(22)15-23(29)24(31)30(26)16-19-8-6-10-21(27)14-19/h4-6,8-11,14-15,18H,7,12-13,16-17H2,1-3H3,(H,28,32)/t26-/m0/s1. The summed E-state index contributed by atoms with van der Waals surface area (Å²) in [4.78, 5) is 28.7. The smallest absolute Gasteiger partial charge is 0.271 e. The monoisotopic (exact) mass is 451 g/mol. The summed E-state index contributed by atoms with van der Waals surface area (Å²) in [5.74, 6) is -0.856. The Morgan fingerprint density at radius 2 is 1.97 bits per heavy atom. The number of aromatic nitrogens is 1. The van der Waals surface area contributed by atoms with Crippen LogP contribution in [0.4, 0.5) is 4.39 Å². The van der Waals surface area contributed by atoms with Crippen molar-refractivity contribution in [1.82, 2.24) is 14.8 Å². The predicted molar refractivity (Wildman–Crippen MR) is 125 cm³/mol. The highest BCUT2D eigenvalue weighted by Crippen LogP contribution is 2.33. The zero-order valence-corrected chi connectivity index (χ0v) is 19.3. The molecule has 33 heavy (non-hydrogen) atoms. The fraction of sp³-hybridized carbons (Fsp3) is 0.385. The van der Waals surface area contributed by atoms with Crippen LogP contribution in [0, 0.1) is 5.82 Å². The molecule has 0 spiro atoms. The van der Waals surface area contributed by atoms with E-state index in [1.54, 1.807) is 24.0 Å². The first-order chi connectivity index (χ1) is 15.8. The topological polar surface area (TPSA) is 63.6 Å². The van der Waals surface area contributed by atoms with Gasteiger partial charge in [0.1, 0.15) is 17.1 Å². The molecule has 1 aliphatic heterocycles. The van der Waals surface area contributed by atoms with Crippen molar-refractivity contribution in [2.45, 2.75) is 51.9 Å². The number of amides is 2. The van der Waals surface area contributed by atoms with Crippen molar-refractivity contribution < 1.29 is 18.7 Å². The van der Waals surface area contributed by atoms with E-state index in [1.165, 1.54) is 12.1 Å². The number of para-hydroxylation sites is 1. The van der Waals surface area contributed by atoms with Crippen LogP contribution in [-0.2, 0) is 22.6 Å². The fourth-order valence-electron chi connectivity index (χ4n) is 4.36. The molecule has 7 heteroatoms. The van der Waals surface area contributed by atoms with E-state index in [1.807, 2.05) is 48.7 Å². The van der Waals surface area contributed by atoms with E-state index in [0.717, 1.165) is 10.9 Å². The predicted octanol–water partition coefficient (Wildman–Crippen LogP) is 4.13. The van der Waals surface area contributed by atoms with E-state index in [-0.39, 0.29) is 30.3 Å². The molecule has 0 unspecified atom stereocenters. The highest BCUT2D eigenvalue weighted by molar-refractivity contribution is 6.03. The van der Waals surface area contributed by atoms with Gasteiger partial charge < -0.3 is 19.5 Å². The van der Waals surface area contributed by atoms with Crippen LogP contribution in [0.3, 0.4) is 0 Å². The van der Waals surface area contributed by atoms with Crippen molar-refractivity contribution in [2.75, 3.05) is 13.2 Å². The van der Waals surface area contributed by atoms with Crippen LogP contribution >= 0.6 is 0 Å².